The molecule has 0 unspecified atom stereocenters. The topological polar surface area (TPSA) is 56.8 Å². The van der Waals surface area contributed by atoms with Crippen LogP contribution in [0.2, 0.25) is 5.02 Å². The number of halogens is 1. The number of nitrogens with one attached hydrogen (secondary N) is 1. The fraction of sp³-hybridized carbons (Fsp3) is 0.235. The van der Waals surface area contributed by atoms with E-state index in [1.165, 1.54) is 0 Å². The predicted octanol–water partition coefficient (Wildman–Crippen LogP) is 3.70. The second-order valence-corrected chi connectivity index (χ2v) is 5.65. The Bertz CT molecular complexity index is 737. The van der Waals surface area contributed by atoms with Gasteiger partial charge < -0.3 is 19.5 Å². The Morgan fingerprint density at radius 2 is 1.87 bits per heavy atom. The molecule has 0 aromatic heterocycles. The highest BCUT2D eigenvalue weighted by Crippen LogP contribution is 2.34. The van der Waals surface area contributed by atoms with Crippen LogP contribution in [0.25, 0.3) is 0 Å². The molecule has 0 radical (unpaired) electrons. The molecule has 0 atom stereocenters. The summed E-state index contributed by atoms with van der Waals surface area (Å²) in [6.45, 7) is 3.91. The zero-order valence-electron chi connectivity index (χ0n) is 12.8. The van der Waals surface area contributed by atoms with Crippen molar-refractivity contribution in [1.29, 1.82) is 0 Å². The number of benzene rings is 2. The summed E-state index contributed by atoms with van der Waals surface area (Å²) in [6.07, 6.45) is 0. The van der Waals surface area contributed by atoms with E-state index in [0.717, 1.165) is 11.1 Å². The fourth-order valence-corrected chi connectivity index (χ4v) is 2.42. The second-order valence-electron chi connectivity index (χ2n) is 5.28. The summed E-state index contributed by atoms with van der Waals surface area (Å²) in [5.41, 5.74) is 2.46. The highest BCUT2D eigenvalue weighted by molar-refractivity contribution is 6.32. The number of aryl methyl sites for hydroxylation is 2. The molecule has 0 saturated carbocycles. The predicted molar refractivity (Wildman–Crippen MR) is 87.6 cm³/mol. The van der Waals surface area contributed by atoms with E-state index in [0.29, 0.717) is 28.0 Å². The summed E-state index contributed by atoms with van der Waals surface area (Å²) in [7, 11) is 0. The third-order valence-electron chi connectivity index (χ3n) is 3.44. The lowest BCUT2D eigenvalue weighted by Gasteiger charge is -2.10. The van der Waals surface area contributed by atoms with Crippen molar-refractivity contribution in [2.24, 2.45) is 0 Å². The number of carbonyl (C=O) groups excluding carboxylic acids is 1. The van der Waals surface area contributed by atoms with Gasteiger partial charge in [0.15, 0.2) is 18.1 Å². The fourth-order valence-electron chi connectivity index (χ4n) is 2.31. The maximum atomic E-state index is 12.0. The van der Waals surface area contributed by atoms with Crippen molar-refractivity contribution >= 4 is 23.2 Å². The minimum absolute atomic E-state index is 0.0883. The summed E-state index contributed by atoms with van der Waals surface area (Å²) < 4.78 is 16.0. The average Bonchev–Trinajstić information content (AvgIpc) is 2.98. The van der Waals surface area contributed by atoms with Gasteiger partial charge in [-0.1, -0.05) is 11.6 Å². The number of anilines is 1. The molecule has 120 valence electrons. The minimum atomic E-state index is -0.255. The molecule has 2 aromatic carbocycles. The molecule has 2 aromatic rings. The van der Waals surface area contributed by atoms with Crippen molar-refractivity contribution in [1.82, 2.24) is 0 Å². The minimum Gasteiger partial charge on any atom is -0.484 e. The summed E-state index contributed by atoms with van der Waals surface area (Å²) in [5.74, 6) is 1.65. The zero-order valence-corrected chi connectivity index (χ0v) is 13.6. The van der Waals surface area contributed by atoms with E-state index in [9.17, 15) is 4.79 Å². The van der Waals surface area contributed by atoms with Crippen molar-refractivity contribution in [3.63, 3.8) is 0 Å². The van der Waals surface area contributed by atoms with Gasteiger partial charge in [-0.25, -0.2) is 0 Å². The van der Waals surface area contributed by atoms with Crippen LogP contribution >= 0.6 is 11.6 Å². The van der Waals surface area contributed by atoms with E-state index >= 15 is 0 Å². The maximum Gasteiger partial charge on any atom is 0.262 e. The van der Waals surface area contributed by atoms with Crippen molar-refractivity contribution in [3.05, 3.63) is 46.5 Å². The molecule has 0 aliphatic carbocycles. The van der Waals surface area contributed by atoms with Gasteiger partial charge in [-0.2, -0.15) is 0 Å². The van der Waals surface area contributed by atoms with Crippen molar-refractivity contribution in [2.45, 2.75) is 13.8 Å². The Hall–Kier alpha value is -2.40. The molecular formula is C17H16ClNO4. The van der Waals surface area contributed by atoms with Gasteiger partial charge >= 0.3 is 0 Å². The Balaban J connectivity index is 1.60. The maximum absolute atomic E-state index is 12.0. The molecule has 5 nitrogen and oxygen atoms in total. The van der Waals surface area contributed by atoms with Gasteiger partial charge in [0, 0.05) is 16.8 Å². The van der Waals surface area contributed by atoms with E-state index in [4.69, 9.17) is 25.8 Å². The van der Waals surface area contributed by atoms with Gasteiger partial charge in [0.2, 0.25) is 6.79 Å². The largest absolute Gasteiger partial charge is 0.484 e. The molecule has 0 spiro atoms. The number of ether oxygens (including phenoxy) is 3. The molecule has 6 heteroatoms. The van der Waals surface area contributed by atoms with Crippen LogP contribution < -0.4 is 19.5 Å². The average molecular weight is 334 g/mol. The number of amides is 1. The highest BCUT2D eigenvalue weighted by Gasteiger charge is 2.14. The molecule has 1 aliphatic rings. The summed E-state index contributed by atoms with van der Waals surface area (Å²) in [4.78, 5) is 12.0. The lowest BCUT2D eigenvalue weighted by atomic mass is 10.1. The van der Waals surface area contributed by atoms with E-state index in [-0.39, 0.29) is 19.3 Å². The van der Waals surface area contributed by atoms with E-state index in [2.05, 4.69) is 5.32 Å². The molecule has 1 N–H and O–H groups in total. The Labute approximate surface area is 139 Å². The summed E-state index contributed by atoms with van der Waals surface area (Å²) >= 11 is 6.11. The van der Waals surface area contributed by atoms with E-state index in [1.54, 1.807) is 18.2 Å². The van der Waals surface area contributed by atoms with Crippen molar-refractivity contribution < 1.29 is 19.0 Å². The summed E-state index contributed by atoms with van der Waals surface area (Å²) in [6, 6.07) is 8.84. The van der Waals surface area contributed by atoms with E-state index in [1.807, 2.05) is 26.0 Å². The number of rotatable bonds is 4. The highest BCUT2D eigenvalue weighted by atomic mass is 35.5. The molecule has 0 fully saturated rings. The molecular weight excluding hydrogens is 318 g/mol. The summed E-state index contributed by atoms with van der Waals surface area (Å²) in [5, 5.41) is 3.47. The Kier molecular flexibility index (Phi) is 4.30. The molecule has 23 heavy (non-hydrogen) atoms. The number of carbonyl (C=O) groups is 1. The van der Waals surface area contributed by atoms with Gasteiger partial charge in [-0.05, 0) is 49.2 Å². The molecule has 3 rings (SSSR count). The van der Waals surface area contributed by atoms with Crippen LogP contribution in [0, 0.1) is 13.8 Å². The van der Waals surface area contributed by atoms with Crippen LogP contribution in [-0.2, 0) is 4.79 Å². The first-order valence-corrected chi connectivity index (χ1v) is 7.50. The van der Waals surface area contributed by atoms with Crippen molar-refractivity contribution in [2.75, 3.05) is 18.7 Å². The SMILES string of the molecule is Cc1cc(OCC(=O)Nc2ccc3c(c2)OCO3)cc(C)c1Cl. The molecule has 1 heterocycles. The third kappa shape index (κ3) is 3.51. The van der Waals surface area contributed by atoms with Gasteiger partial charge in [0.1, 0.15) is 5.75 Å². The lowest BCUT2D eigenvalue weighted by molar-refractivity contribution is -0.118. The quantitative estimate of drug-likeness (QED) is 0.926. The normalized spacial score (nSPS) is 12.1. The first-order chi connectivity index (χ1) is 11.0. The van der Waals surface area contributed by atoms with Gasteiger partial charge in [0.05, 0.1) is 0 Å². The van der Waals surface area contributed by atoms with Crippen LogP contribution in [0.15, 0.2) is 30.3 Å². The molecule has 1 amide bonds. The number of hydrogen-bond acceptors (Lipinski definition) is 4. The lowest BCUT2D eigenvalue weighted by Crippen LogP contribution is -2.20. The number of fused-ring (bicyclic) bond motifs is 1. The smallest absolute Gasteiger partial charge is 0.262 e. The first kappa shape index (κ1) is 15.5. The van der Waals surface area contributed by atoms with Crippen LogP contribution in [0.5, 0.6) is 17.2 Å². The van der Waals surface area contributed by atoms with E-state index < -0.39 is 0 Å². The molecule has 1 aliphatic heterocycles. The monoisotopic (exact) mass is 333 g/mol. The van der Waals surface area contributed by atoms with Crippen molar-refractivity contribution in [3.8, 4) is 17.2 Å². The zero-order chi connectivity index (χ0) is 16.4. The Morgan fingerprint density at radius 1 is 1.17 bits per heavy atom. The number of hydrogen-bond donors (Lipinski definition) is 1. The molecule has 0 bridgehead atoms. The van der Waals surface area contributed by atoms with Gasteiger partial charge in [0.25, 0.3) is 5.91 Å². The van der Waals surface area contributed by atoms with Crippen LogP contribution in [0.1, 0.15) is 11.1 Å². The molecule has 0 saturated heterocycles. The standard InChI is InChI=1S/C17H16ClNO4/c1-10-5-13(6-11(2)17(10)18)21-8-16(20)19-12-3-4-14-15(7-12)23-9-22-14/h3-7H,8-9H2,1-2H3,(H,19,20). The van der Waals surface area contributed by atoms with Gasteiger partial charge in [-0.3, -0.25) is 4.79 Å². The second kappa shape index (κ2) is 6.38. The van der Waals surface area contributed by atoms with Gasteiger partial charge in [-0.15, -0.1) is 0 Å². The van der Waals surface area contributed by atoms with Crippen LogP contribution in [0.4, 0.5) is 5.69 Å². The van der Waals surface area contributed by atoms with Crippen LogP contribution in [0.3, 0.4) is 0 Å². The first-order valence-electron chi connectivity index (χ1n) is 7.12. The Morgan fingerprint density at radius 3 is 2.61 bits per heavy atom. The third-order valence-corrected chi connectivity index (χ3v) is 4.03. The van der Waals surface area contributed by atoms with Crippen LogP contribution in [-0.4, -0.2) is 19.3 Å².